The summed E-state index contributed by atoms with van der Waals surface area (Å²) in [7, 11) is 0. The summed E-state index contributed by atoms with van der Waals surface area (Å²) in [5, 5.41) is 0.267. The van der Waals surface area contributed by atoms with Crippen molar-refractivity contribution in [1.82, 2.24) is 19.5 Å². The molecule has 0 saturated carbocycles. The molecule has 0 amide bonds. The van der Waals surface area contributed by atoms with Gasteiger partial charge in [-0.3, -0.25) is 9.78 Å². The third-order valence-electron chi connectivity index (χ3n) is 4.19. The molecular formula is C19H16N4O4. The van der Waals surface area contributed by atoms with Crippen molar-refractivity contribution in [1.29, 1.82) is 0 Å². The highest BCUT2D eigenvalue weighted by molar-refractivity contribution is 5.75. The van der Waals surface area contributed by atoms with Crippen LogP contribution in [0, 0.1) is 0 Å². The van der Waals surface area contributed by atoms with Crippen molar-refractivity contribution in [2.75, 3.05) is 0 Å². The molecule has 8 nitrogen and oxygen atoms in total. The SMILES string of the molecule is CCc1cc(=O)oc2nc(OCc3ccccc3-n3ccnc3)[nH]c(=O)c12. The second-order valence-corrected chi connectivity index (χ2v) is 5.88. The van der Waals surface area contributed by atoms with Gasteiger partial charge in [0.15, 0.2) is 0 Å². The summed E-state index contributed by atoms with van der Waals surface area (Å²) in [6.45, 7) is 2.02. The lowest BCUT2D eigenvalue weighted by Gasteiger charge is -2.11. The molecule has 27 heavy (non-hydrogen) atoms. The number of aromatic amines is 1. The first-order chi connectivity index (χ1) is 13.2. The molecule has 4 rings (SSSR count). The van der Waals surface area contributed by atoms with Crippen LogP contribution >= 0.6 is 0 Å². The zero-order valence-corrected chi connectivity index (χ0v) is 14.5. The number of hydrogen-bond donors (Lipinski definition) is 1. The van der Waals surface area contributed by atoms with Crippen molar-refractivity contribution in [3.8, 4) is 11.7 Å². The number of aromatic nitrogens is 4. The highest BCUT2D eigenvalue weighted by Crippen LogP contribution is 2.17. The molecule has 0 radical (unpaired) electrons. The molecule has 0 aliphatic rings. The molecule has 0 fully saturated rings. The fraction of sp³-hybridized carbons (Fsp3) is 0.158. The van der Waals surface area contributed by atoms with Crippen LogP contribution in [0.1, 0.15) is 18.1 Å². The number of fused-ring (bicyclic) bond motifs is 1. The number of imidazole rings is 1. The van der Waals surface area contributed by atoms with E-state index in [4.69, 9.17) is 9.15 Å². The average Bonchev–Trinajstić information content (AvgIpc) is 3.20. The Kier molecular flexibility index (Phi) is 4.29. The van der Waals surface area contributed by atoms with Crippen molar-refractivity contribution in [3.05, 3.63) is 81.0 Å². The second kappa shape index (κ2) is 6.91. The van der Waals surface area contributed by atoms with Crippen LogP contribution < -0.4 is 15.9 Å². The molecule has 0 aliphatic carbocycles. The number of rotatable bonds is 5. The quantitative estimate of drug-likeness (QED) is 0.582. The molecule has 3 heterocycles. The van der Waals surface area contributed by atoms with Crippen molar-refractivity contribution in [2.24, 2.45) is 0 Å². The Morgan fingerprint density at radius 2 is 2.07 bits per heavy atom. The normalized spacial score (nSPS) is 11.0. The third kappa shape index (κ3) is 3.24. The molecule has 1 N–H and O–H groups in total. The van der Waals surface area contributed by atoms with Gasteiger partial charge in [0.05, 0.1) is 12.0 Å². The van der Waals surface area contributed by atoms with Gasteiger partial charge < -0.3 is 13.7 Å². The first-order valence-corrected chi connectivity index (χ1v) is 8.42. The maximum atomic E-state index is 12.4. The van der Waals surface area contributed by atoms with E-state index in [1.54, 1.807) is 12.5 Å². The maximum Gasteiger partial charge on any atom is 0.337 e. The molecule has 4 aromatic rings. The smallest absolute Gasteiger partial charge is 0.337 e. The molecule has 1 aromatic carbocycles. The molecule has 0 spiro atoms. The number of hydrogen-bond acceptors (Lipinski definition) is 6. The van der Waals surface area contributed by atoms with Gasteiger partial charge in [-0.05, 0) is 18.1 Å². The van der Waals surface area contributed by atoms with E-state index in [1.165, 1.54) is 6.07 Å². The molecule has 0 atom stereocenters. The highest BCUT2D eigenvalue weighted by Gasteiger charge is 2.13. The summed E-state index contributed by atoms with van der Waals surface area (Å²) < 4.78 is 12.6. The number of para-hydroxylation sites is 1. The number of H-pyrrole nitrogens is 1. The number of ether oxygens (including phenoxy) is 1. The zero-order valence-electron chi connectivity index (χ0n) is 14.5. The van der Waals surface area contributed by atoms with Crippen LogP contribution in [0.4, 0.5) is 0 Å². The monoisotopic (exact) mass is 364 g/mol. The van der Waals surface area contributed by atoms with E-state index in [0.717, 1.165) is 11.3 Å². The Hall–Kier alpha value is -3.68. The molecule has 3 aromatic heterocycles. The predicted octanol–water partition coefficient (Wildman–Crippen LogP) is 2.20. The molecule has 136 valence electrons. The Labute approximate surface area is 153 Å². The largest absolute Gasteiger partial charge is 0.460 e. The predicted molar refractivity (Wildman–Crippen MR) is 98.2 cm³/mol. The fourth-order valence-corrected chi connectivity index (χ4v) is 2.91. The van der Waals surface area contributed by atoms with E-state index in [-0.39, 0.29) is 23.7 Å². The number of aryl methyl sites for hydroxylation is 1. The lowest BCUT2D eigenvalue weighted by Crippen LogP contribution is -2.15. The van der Waals surface area contributed by atoms with Gasteiger partial charge in [0.25, 0.3) is 11.6 Å². The number of nitrogens with one attached hydrogen (secondary N) is 1. The van der Waals surface area contributed by atoms with E-state index < -0.39 is 11.2 Å². The second-order valence-electron chi connectivity index (χ2n) is 5.88. The van der Waals surface area contributed by atoms with Crippen LogP contribution in [0.15, 0.2) is 63.1 Å². The van der Waals surface area contributed by atoms with Gasteiger partial charge >= 0.3 is 5.63 Å². The number of benzene rings is 1. The van der Waals surface area contributed by atoms with E-state index in [0.29, 0.717) is 12.0 Å². The van der Waals surface area contributed by atoms with Crippen LogP contribution in [-0.2, 0) is 13.0 Å². The summed E-state index contributed by atoms with van der Waals surface area (Å²) in [5.74, 6) is 0. The van der Waals surface area contributed by atoms with Gasteiger partial charge in [0, 0.05) is 24.0 Å². The minimum atomic E-state index is -0.547. The summed E-state index contributed by atoms with van der Waals surface area (Å²) >= 11 is 0. The third-order valence-corrected chi connectivity index (χ3v) is 4.19. The van der Waals surface area contributed by atoms with Crippen LogP contribution in [0.25, 0.3) is 16.8 Å². The van der Waals surface area contributed by atoms with Gasteiger partial charge in [0.2, 0.25) is 5.71 Å². The van der Waals surface area contributed by atoms with Gasteiger partial charge in [0.1, 0.15) is 12.0 Å². The summed E-state index contributed by atoms with van der Waals surface area (Å²) in [5.41, 5.74) is 1.39. The first kappa shape index (κ1) is 16.8. The molecule has 0 bridgehead atoms. The molecule has 0 aliphatic heterocycles. The highest BCUT2D eigenvalue weighted by atomic mass is 16.5. The van der Waals surface area contributed by atoms with E-state index in [9.17, 15) is 9.59 Å². The molecule has 0 unspecified atom stereocenters. The fourth-order valence-electron chi connectivity index (χ4n) is 2.91. The van der Waals surface area contributed by atoms with Crippen molar-refractivity contribution in [2.45, 2.75) is 20.0 Å². The van der Waals surface area contributed by atoms with E-state index >= 15 is 0 Å². The van der Waals surface area contributed by atoms with E-state index in [1.807, 2.05) is 42.0 Å². The lowest BCUT2D eigenvalue weighted by atomic mass is 10.1. The zero-order chi connectivity index (χ0) is 18.8. The van der Waals surface area contributed by atoms with Crippen LogP contribution in [-0.4, -0.2) is 19.5 Å². The first-order valence-electron chi connectivity index (χ1n) is 8.42. The summed E-state index contributed by atoms with van der Waals surface area (Å²) in [6, 6.07) is 8.94. The minimum Gasteiger partial charge on any atom is -0.460 e. The Morgan fingerprint density at radius 3 is 2.85 bits per heavy atom. The van der Waals surface area contributed by atoms with Crippen LogP contribution in [0.3, 0.4) is 0 Å². The Bertz CT molecular complexity index is 1210. The van der Waals surface area contributed by atoms with Crippen molar-refractivity contribution < 1.29 is 9.15 Å². The number of nitrogens with zero attached hydrogens (tertiary/aromatic N) is 3. The standard InChI is InChI=1S/C19H16N4O4/c1-2-12-9-15(24)27-18-16(12)17(25)21-19(22-18)26-10-13-5-3-4-6-14(13)23-8-7-20-11-23/h3-9,11H,2,10H2,1H3,(H,21,22,25). The lowest BCUT2D eigenvalue weighted by molar-refractivity contribution is 0.279. The van der Waals surface area contributed by atoms with Crippen LogP contribution in [0.5, 0.6) is 6.01 Å². The van der Waals surface area contributed by atoms with Gasteiger partial charge in [-0.25, -0.2) is 9.78 Å². The maximum absolute atomic E-state index is 12.4. The van der Waals surface area contributed by atoms with E-state index in [2.05, 4.69) is 15.0 Å². The summed E-state index contributed by atoms with van der Waals surface area (Å²) in [4.78, 5) is 34.9. The molecule has 0 saturated heterocycles. The topological polar surface area (TPSA) is 103 Å². The minimum absolute atomic E-state index is 0.00987. The van der Waals surface area contributed by atoms with Gasteiger partial charge in [-0.15, -0.1) is 0 Å². The Balaban J connectivity index is 1.68. The molecule has 8 heteroatoms. The van der Waals surface area contributed by atoms with Crippen LogP contribution in [0.2, 0.25) is 0 Å². The van der Waals surface area contributed by atoms with Crippen molar-refractivity contribution in [3.63, 3.8) is 0 Å². The van der Waals surface area contributed by atoms with Gasteiger partial charge in [-0.2, -0.15) is 4.98 Å². The molecular weight excluding hydrogens is 348 g/mol. The average molecular weight is 364 g/mol. The van der Waals surface area contributed by atoms with Gasteiger partial charge in [-0.1, -0.05) is 25.1 Å². The summed E-state index contributed by atoms with van der Waals surface area (Å²) in [6.07, 6.45) is 5.73. The Morgan fingerprint density at radius 1 is 1.22 bits per heavy atom. The van der Waals surface area contributed by atoms with Crippen molar-refractivity contribution >= 4 is 11.1 Å².